The van der Waals surface area contributed by atoms with Gasteiger partial charge in [0.15, 0.2) is 8.32 Å². The first-order valence-electron chi connectivity index (χ1n) is 7.39. The first-order valence-corrected chi connectivity index (χ1v) is 10.3. The minimum atomic E-state index is -3.10. The van der Waals surface area contributed by atoms with Gasteiger partial charge in [0.25, 0.3) is 0 Å². The Balaban J connectivity index is 2.70. The third-order valence-electron chi connectivity index (χ3n) is 3.84. The normalized spacial score (nSPS) is 12.3. The fourth-order valence-electron chi connectivity index (χ4n) is 1.49. The van der Waals surface area contributed by atoms with Crippen LogP contribution < -0.4 is 9.47 Å². The minimum absolute atomic E-state index is 0.0484. The number of alkyl halides is 2. The summed E-state index contributed by atoms with van der Waals surface area (Å²) >= 11 is 0. The molecule has 0 radical (unpaired) electrons. The average Bonchev–Trinajstić information content (AvgIpc) is 2.41. The molecule has 6 nitrogen and oxygen atoms in total. The van der Waals surface area contributed by atoms with Crippen molar-refractivity contribution < 1.29 is 32.6 Å². The number of hydrogen-bond acceptors (Lipinski definition) is 5. The van der Waals surface area contributed by atoms with Crippen LogP contribution in [0.5, 0.6) is 11.8 Å². The summed E-state index contributed by atoms with van der Waals surface area (Å²) in [4.78, 5) is 14.7. The Hall–Kier alpha value is -1.74. The number of carbonyl (C=O) groups is 1. The van der Waals surface area contributed by atoms with E-state index in [1.807, 2.05) is 0 Å². The highest BCUT2D eigenvalue weighted by atomic mass is 28.4. The predicted molar refractivity (Wildman–Crippen MR) is 86.5 cm³/mol. The largest absolute Gasteiger partial charge is 0.478 e. The van der Waals surface area contributed by atoms with Gasteiger partial charge in [0.05, 0.1) is 12.2 Å². The minimum Gasteiger partial charge on any atom is -0.478 e. The van der Waals surface area contributed by atoms with E-state index in [0.29, 0.717) is 6.61 Å². The monoisotopic (exact) mass is 363 g/mol. The van der Waals surface area contributed by atoms with E-state index in [-0.39, 0.29) is 23.1 Å². The molecule has 0 fully saturated rings. The van der Waals surface area contributed by atoms with Crippen molar-refractivity contribution in [3.63, 3.8) is 0 Å². The van der Waals surface area contributed by atoms with E-state index >= 15 is 0 Å². The lowest BCUT2D eigenvalue weighted by Gasteiger charge is -2.36. The first-order chi connectivity index (χ1) is 10.9. The third kappa shape index (κ3) is 6.04. The molecule has 0 spiro atoms. The Bertz CT molecular complexity index is 575. The molecule has 1 aromatic rings. The summed E-state index contributed by atoms with van der Waals surface area (Å²) in [7, 11) is -1.92. The van der Waals surface area contributed by atoms with E-state index in [1.165, 1.54) is 0 Å². The molecule has 0 bridgehead atoms. The molecule has 24 heavy (non-hydrogen) atoms. The molecule has 136 valence electrons. The molecule has 0 amide bonds. The van der Waals surface area contributed by atoms with Gasteiger partial charge in [-0.05, 0) is 18.1 Å². The van der Waals surface area contributed by atoms with Crippen molar-refractivity contribution in [2.75, 3.05) is 13.2 Å². The van der Waals surface area contributed by atoms with Gasteiger partial charge >= 0.3 is 12.6 Å². The molecule has 0 aromatic carbocycles. The summed E-state index contributed by atoms with van der Waals surface area (Å²) in [6, 6.07) is 2.06. The van der Waals surface area contributed by atoms with Gasteiger partial charge in [0.1, 0.15) is 6.61 Å². The van der Waals surface area contributed by atoms with Crippen LogP contribution >= 0.6 is 0 Å². The van der Waals surface area contributed by atoms with Crippen LogP contribution in [0, 0.1) is 0 Å². The zero-order chi connectivity index (χ0) is 18.5. The number of carboxylic acids is 1. The summed E-state index contributed by atoms with van der Waals surface area (Å²) in [6.07, 6.45) is 0. The zero-order valence-corrected chi connectivity index (χ0v) is 15.4. The molecule has 1 heterocycles. The number of carboxylic acid groups (broad SMARTS) is 1. The average molecular weight is 363 g/mol. The van der Waals surface area contributed by atoms with Crippen molar-refractivity contribution in [2.24, 2.45) is 0 Å². The molecule has 0 unspecified atom stereocenters. The number of rotatable bonds is 8. The number of aromatic nitrogens is 1. The van der Waals surface area contributed by atoms with Crippen LogP contribution in [0.15, 0.2) is 12.1 Å². The summed E-state index contributed by atoms with van der Waals surface area (Å²) < 4.78 is 39.9. The van der Waals surface area contributed by atoms with Crippen LogP contribution in [-0.2, 0) is 4.43 Å². The van der Waals surface area contributed by atoms with E-state index < -0.39 is 26.8 Å². The smallest absolute Gasteiger partial charge is 0.388 e. The topological polar surface area (TPSA) is 77.9 Å². The van der Waals surface area contributed by atoms with Gasteiger partial charge in [0, 0.05) is 12.1 Å². The lowest BCUT2D eigenvalue weighted by molar-refractivity contribution is -0.0532. The molecule has 0 atom stereocenters. The Morgan fingerprint density at radius 3 is 2.33 bits per heavy atom. The quantitative estimate of drug-likeness (QED) is 0.559. The maximum absolute atomic E-state index is 12.3. The second-order valence-corrected chi connectivity index (χ2v) is 11.5. The summed E-state index contributed by atoms with van der Waals surface area (Å²) in [5.41, 5.74) is -0.249. The summed E-state index contributed by atoms with van der Waals surface area (Å²) in [5.74, 6) is -1.91. The number of ether oxygens (including phenoxy) is 2. The van der Waals surface area contributed by atoms with Gasteiger partial charge in [0.2, 0.25) is 11.8 Å². The Kier molecular flexibility index (Phi) is 6.67. The third-order valence-corrected chi connectivity index (χ3v) is 8.38. The lowest BCUT2D eigenvalue weighted by atomic mass is 10.2. The van der Waals surface area contributed by atoms with Gasteiger partial charge < -0.3 is 19.0 Å². The fourth-order valence-corrected chi connectivity index (χ4v) is 2.52. The van der Waals surface area contributed by atoms with Crippen LogP contribution in [0.1, 0.15) is 31.1 Å². The fraction of sp³-hybridized carbons (Fsp3) is 0.600. The molecule has 0 saturated carbocycles. The van der Waals surface area contributed by atoms with Crippen molar-refractivity contribution in [3.05, 3.63) is 17.7 Å². The molecule has 1 aromatic heterocycles. The zero-order valence-electron chi connectivity index (χ0n) is 14.4. The van der Waals surface area contributed by atoms with Crippen molar-refractivity contribution in [1.29, 1.82) is 0 Å². The second-order valence-electron chi connectivity index (χ2n) is 6.67. The van der Waals surface area contributed by atoms with Crippen molar-refractivity contribution in [1.82, 2.24) is 4.98 Å². The van der Waals surface area contributed by atoms with E-state index in [4.69, 9.17) is 14.3 Å². The van der Waals surface area contributed by atoms with E-state index in [2.05, 4.69) is 43.6 Å². The molecular weight excluding hydrogens is 340 g/mol. The van der Waals surface area contributed by atoms with Gasteiger partial charge in [-0.1, -0.05) is 20.8 Å². The lowest BCUT2D eigenvalue weighted by Crippen LogP contribution is -2.41. The Morgan fingerprint density at radius 2 is 1.83 bits per heavy atom. The first kappa shape index (κ1) is 20.3. The Morgan fingerprint density at radius 1 is 1.25 bits per heavy atom. The van der Waals surface area contributed by atoms with Gasteiger partial charge in [-0.3, -0.25) is 0 Å². The van der Waals surface area contributed by atoms with Crippen molar-refractivity contribution in [3.8, 4) is 11.8 Å². The van der Waals surface area contributed by atoms with Gasteiger partial charge in [-0.25, -0.2) is 4.79 Å². The highest BCUT2D eigenvalue weighted by Gasteiger charge is 2.36. The van der Waals surface area contributed by atoms with Crippen LogP contribution in [-0.4, -0.2) is 44.2 Å². The molecule has 9 heteroatoms. The van der Waals surface area contributed by atoms with E-state index in [0.717, 1.165) is 12.1 Å². The summed E-state index contributed by atoms with van der Waals surface area (Å²) in [5, 5.41) is 9.04. The summed E-state index contributed by atoms with van der Waals surface area (Å²) in [6.45, 7) is 7.80. The SMILES string of the molecule is CC(C)(C)[Si](C)(C)OCCOc1cc(C(=O)O)cc(OC(F)F)n1. The molecule has 0 aliphatic carbocycles. The standard InChI is InChI=1S/C15H23F2NO5Si/c1-15(2,3)24(4,5)22-7-6-21-11-8-10(13(19)20)9-12(18-11)23-14(16)17/h8-9,14H,6-7H2,1-5H3,(H,19,20). The number of halogens is 2. The van der Waals surface area contributed by atoms with Crippen LogP contribution in [0.2, 0.25) is 18.1 Å². The molecule has 1 N–H and O–H groups in total. The highest BCUT2D eigenvalue weighted by Crippen LogP contribution is 2.36. The maximum Gasteiger partial charge on any atom is 0.388 e. The van der Waals surface area contributed by atoms with Gasteiger partial charge in [-0.2, -0.15) is 13.8 Å². The van der Waals surface area contributed by atoms with Crippen molar-refractivity contribution >= 4 is 14.3 Å². The molecule has 0 saturated heterocycles. The molecule has 1 rings (SSSR count). The molecule has 0 aliphatic heterocycles. The van der Waals surface area contributed by atoms with Crippen LogP contribution in [0.3, 0.4) is 0 Å². The van der Waals surface area contributed by atoms with E-state index in [9.17, 15) is 13.6 Å². The number of aromatic carboxylic acids is 1. The maximum atomic E-state index is 12.3. The van der Waals surface area contributed by atoms with Crippen molar-refractivity contribution in [2.45, 2.75) is 45.5 Å². The van der Waals surface area contributed by atoms with E-state index in [1.54, 1.807) is 0 Å². The highest BCUT2D eigenvalue weighted by molar-refractivity contribution is 6.74. The molecule has 0 aliphatic rings. The van der Waals surface area contributed by atoms with Crippen LogP contribution in [0.4, 0.5) is 8.78 Å². The molecular formula is C15H23F2NO5Si. The number of hydrogen-bond donors (Lipinski definition) is 1. The van der Waals surface area contributed by atoms with Crippen LogP contribution in [0.25, 0.3) is 0 Å². The predicted octanol–water partition coefficient (Wildman–Crippen LogP) is 3.78. The second kappa shape index (κ2) is 7.89. The van der Waals surface area contributed by atoms with Gasteiger partial charge in [-0.15, -0.1) is 0 Å². The Labute approximate surface area is 140 Å². The number of pyridine rings is 1. The number of nitrogens with zero attached hydrogens (tertiary/aromatic N) is 1.